The summed E-state index contributed by atoms with van der Waals surface area (Å²) < 4.78 is 3.93. The van der Waals surface area contributed by atoms with Crippen molar-refractivity contribution in [3.63, 3.8) is 0 Å². The van der Waals surface area contributed by atoms with E-state index in [-0.39, 0.29) is 5.69 Å². The molecule has 0 unspecified atom stereocenters. The Morgan fingerprint density at radius 2 is 1.89 bits per heavy atom. The Balaban J connectivity index is 1.35. The first-order chi connectivity index (χ1) is 17.7. The Kier molecular flexibility index (Phi) is 7.69. The van der Waals surface area contributed by atoms with Crippen molar-refractivity contribution in [3.8, 4) is 22.5 Å². The Morgan fingerprint density at radius 3 is 2.64 bits per heavy atom. The number of benzene rings is 1. The minimum Gasteiger partial charge on any atom is -0.299 e. The predicted octanol–water partition coefficient (Wildman–Crippen LogP) is 5.25. The number of aromatic amines is 1. The number of imidazole rings is 1. The van der Waals surface area contributed by atoms with Crippen LogP contribution < -0.4 is 5.69 Å². The molecular weight excluding hydrogens is 450 g/mol. The number of tetrazole rings is 1. The molecule has 1 N–H and O–H groups in total. The molecule has 0 atom stereocenters. The maximum absolute atomic E-state index is 13.4. The minimum atomic E-state index is 0.118. The molecule has 3 heterocycles. The second-order valence-electron chi connectivity index (χ2n) is 9.93. The summed E-state index contributed by atoms with van der Waals surface area (Å²) in [6.45, 7) is 3.61. The van der Waals surface area contributed by atoms with Gasteiger partial charge in [-0.05, 0) is 47.6 Å². The molecule has 1 aliphatic carbocycles. The predicted molar refractivity (Wildman–Crippen MR) is 140 cm³/mol. The fourth-order valence-corrected chi connectivity index (χ4v) is 5.33. The van der Waals surface area contributed by atoms with Crippen molar-refractivity contribution in [1.82, 2.24) is 34.7 Å². The van der Waals surface area contributed by atoms with E-state index in [0.29, 0.717) is 12.4 Å². The molecule has 8 heteroatoms. The van der Waals surface area contributed by atoms with E-state index in [4.69, 9.17) is 0 Å². The van der Waals surface area contributed by atoms with Gasteiger partial charge in [-0.15, -0.1) is 10.2 Å². The van der Waals surface area contributed by atoms with Gasteiger partial charge in [0.05, 0.1) is 6.54 Å². The average molecular weight is 486 g/mol. The van der Waals surface area contributed by atoms with Gasteiger partial charge >= 0.3 is 5.69 Å². The van der Waals surface area contributed by atoms with Crippen LogP contribution in [0, 0.1) is 5.92 Å². The van der Waals surface area contributed by atoms with Gasteiger partial charge < -0.3 is 0 Å². The van der Waals surface area contributed by atoms with Gasteiger partial charge in [0.2, 0.25) is 5.82 Å². The highest BCUT2D eigenvalue weighted by Crippen LogP contribution is 2.29. The van der Waals surface area contributed by atoms with Gasteiger partial charge in [0.25, 0.3) is 0 Å². The number of H-pyrrole nitrogens is 1. The lowest BCUT2D eigenvalue weighted by Gasteiger charge is -2.21. The number of aryl methyl sites for hydroxylation is 2. The van der Waals surface area contributed by atoms with Crippen LogP contribution in [0.3, 0.4) is 0 Å². The second kappa shape index (κ2) is 11.5. The SMILES string of the molecule is CCCCc1cn(CCC2CCCCC2)c(=O)n1Cc1ccc(-c2cnccc2-c2nn[nH]n2)cc1. The molecule has 1 aromatic carbocycles. The zero-order valence-electron chi connectivity index (χ0n) is 21.1. The van der Waals surface area contributed by atoms with Gasteiger partial charge in [0.15, 0.2) is 0 Å². The number of rotatable bonds is 10. The summed E-state index contributed by atoms with van der Waals surface area (Å²) in [4.78, 5) is 17.7. The minimum absolute atomic E-state index is 0.118. The molecule has 1 fully saturated rings. The molecule has 3 aromatic heterocycles. The third-order valence-corrected chi connectivity index (χ3v) is 7.43. The van der Waals surface area contributed by atoms with Crippen LogP contribution in [-0.2, 0) is 19.5 Å². The largest absolute Gasteiger partial charge is 0.328 e. The summed E-state index contributed by atoms with van der Waals surface area (Å²) >= 11 is 0. The van der Waals surface area contributed by atoms with Crippen LogP contribution in [0.25, 0.3) is 22.5 Å². The van der Waals surface area contributed by atoms with Crippen LogP contribution in [0.4, 0.5) is 0 Å². The molecule has 0 amide bonds. The number of unbranched alkanes of at least 4 members (excludes halogenated alkanes) is 1. The van der Waals surface area contributed by atoms with Crippen molar-refractivity contribution in [3.05, 3.63) is 70.7 Å². The zero-order chi connectivity index (χ0) is 24.7. The molecule has 8 nitrogen and oxygen atoms in total. The monoisotopic (exact) mass is 485 g/mol. The van der Waals surface area contributed by atoms with Gasteiger partial charge in [0, 0.05) is 42.0 Å². The highest BCUT2D eigenvalue weighted by Gasteiger charge is 2.17. The van der Waals surface area contributed by atoms with Crippen molar-refractivity contribution in [2.75, 3.05) is 0 Å². The van der Waals surface area contributed by atoms with Crippen LogP contribution in [0.5, 0.6) is 0 Å². The first kappa shape index (κ1) is 24.2. The van der Waals surface area contributed by atoms with Gasteiger partial charge in [-0.25, -0.2) is 4.79 Å². The molecule has 4 aromatic rings. The van der Waals surface area contributed by atoms with Gasteiger partial charge in [-0.2, -0.15) is 5.21 Å². The molecule has 0 spiro atoms. The standard InChI is InChI=1S/C28H35N7O/c1-2-3-9-24-20-34(17-15-21-7-5-4-6-8-21)28(36)35(24)19-22-10-12-23(13-11-22)26-18-29-16-14-25(26)27-30-32-33-31-27/h10-14,16,18,20-21H,2-9,15,17,19H2,1H3,(H,30,31,32,33). The van der Waals surface area contributed by atoms with E-state index in [9.17, 15) is 4.79 Å². The van der Waals surface area contributed by atoms with Crippen LogP contribution in [0.15, 0.2) is 53.7 Å². The highest BCUT2D eigenvalue weighted by molar-refractivity contribution is 5.79. The summed E-state index contributed by atoms with van der Waals surface area (Å²) in [7, 11) is 0. The maximum Gasteiger partial charge on any atom is 0.328 e. The molecule has 36 heavy (non-hydrogen) atoms. The zero-order valence-corrected chi connectivity index (χ0v) is 21.1. The van der Waals surface area contributed by atoms with Gasteiger partial charge in [-0.1, -0.05) is 69.7 Å². The van der Waals surface area contributed by atoms with E-state index in [1.165, 1.54) is 32.1 Å². The molecule has 1 saturated carbocycles. The summed E-state index contributed by atoms with van der Waals surface area (Å²) in [5.74, 6) is 1.31. The molecule has 1 aliphatic rings. The van der Waals surface area contributed by atoms with Crippen molar-refractivity contribution < 1.29 is 0 Å². The van der Waals surface area contributed by atoms with E-state index in [1.807, 2.05) is 21.4 Å². The number of pyridine rings is 1. The molecule has 0 aliphatic heterocycles. The first-order valence-electron chi connectivity index (χ1n) is 13.3. The van der Waals surface area contributed by atoms with Gasteiger partial charge in [-0.3, -0.25) is 14.1 Å². The fraction of sp³-hybridized carbons (Fsp3) is 0.464. The highest BCUT2D eigenvalue weighted by atomic mass is 16.1. The van der Waals surface area contributed by atoms with E-state index in [1.54, 1.807) is 6.20 Å². The van der Waals surface area contributed by atoms with E-state index in [2.05, 4.69) is 63.0 Å². The Morgan fingerprint density at radius 1 is 1.06 bits per heavy atom. The molecule has 0 radical (unpaired) electrons. The lowest BCUT2D eigenvalue weighted by atomic mass is 9.87. The van der Waals surface area contributed by atoms with Gasteiger partial charge in [0.1, 0.15) is 0 Å². The summed E-state index contributed by atoms with van der Waals surface area (Å²) in [6, 6.07) is 10.2. The van der Waals surface area contributed by atoms with E-state index >= 15 is 0 Å². The third-order valence-electron chi connectivity index (χ3n) is 7.43. The molecular formula is C28H35N7O. The number of nitrogens with zero attached hydrogens (tertiary/aromatic N) is 6. The third kappa shape index (κ3) is 5.48. The molecule has 0 bridgehead atoms. The molecule has 5 rings (SSSR count). The fourth-order valence-electron chi connectivity index (χ4n) is 5.33. The van der Waals surface area contributed by atoms with E-state index in [0.717, 1.165) is 66.1 Å². The number of aromatic nitrogens is 7. The Labute approximate surface area is 211 Å². The van der Waals surface area contributed by atoms with Crippen LogP contribution in [-0.4, -0.2) is 34.7 Å². The number of nitrogens with one attached hydrogen (secondary N) is 1. The lowest BCUT2D eigenvalue weighted by molar-refractivity contribution is 0.322. The van der Waals surface area contributed by atoms with E-state index < -0.39 is 0 Å². The Hall–Kier alpha value is -3.55. The average Bonchev–Trinajstić information content (AvgIpc) is 3.56. The van der Waals surface area contributed by atoms with Crippen molar-refractivity contribution in [1.29, 1.82) is 0 Å². The topological polar surface area (TPSA) is 94.3 Å². The molecule has 188 valence electrons. The smallest absolute Gasteiger partial charge is 0.299 e. The molecule has 0 saturated heterocycles. The number of hydrogen-bond acceptors (Lipinski definition) is 5. The normalized spacial score (nSPS) is 14.4. The summed E-state index contributed by atoms with van der Waals surface area (Å²) in [6.07, 6.45) is 16.6. The van der Waals surface area contributed by atoms with Crippen LogP contribution in [0.2, 0.25) is 0 Å². The van der Waals surface area contributed by atoms with Crippen molar-refractivity contribution >= 4 is 0 Å². The first-order valence-corrected chi connectivity index (χ1v) is 13.3. The Bertz CT molecular complexity index is 1300. The maximum atomic E-state index is 13.4. The lowest BCUT2D eigenvalue weighted by Crippen LogP contribution is -2.26. The van der Waals surface area contributed by atoms with Crippen molar-refractivity contribution in [2.24, 2.45) is 5.92 Å². The summed E-state index contributed by atoms with van der Waals surface area (Å²) in [5, 5.41) is 14.4. The van der Waals surface area contributed by atoms with Crippen molar-refractivity contribution in [2.45, 2.75) is 77.8 Å². The number of hydrogen-bond donors (Lipinski definition) is 1. The second-order valence-corrected chi connectivity index (χ2v) is 9.93. The van der Waals surface area contributed by atoms with Crippen LogP contribution >= 0.6 is 0 Å². The summed E-state index contributed by atoms with van der Waals surface area (Å²) in [5.41, 5.74) is 5.21. The van der Waals surface area contributed by atoms with Crippen LogP contribution in [0.1, 0.15) is 69.5 Å². The quantitative estimate of drug-likeness (QED) is 0.331.